The van der Waals surface area contributed by atoms with E-state index in [-0.39, 0.29) is 24.4 Å². The van der Waals surface area contributed by atoms with Gasteiger partial charge in [-0.2, -0.15) is 0 Å². The van der Waals surface area contributed by atoms with Crippen molar-refractivity contribution in [2.75, 3.05) is 25.1 Å². The molecule has 2 amide bonds. The van der Waals surface area contributed by atoms with Crippen molar-refractivity contribution >= 4 is 15.9 Å². The fraction of sp³-hybridized carbons (Fsp3) is 0.562. The van der Waals surface area contributed by atoms with E-state index in [9.17, 15) is 13.2 Å². The SMILES string of the molecule is Cc1ccccc1[C@H]1C[C@@H](C)N(C(=O)NCCS(C)(=O)=O)C1. The second-order valence-corrected chi connectivity index (χ2v) is 8.41. The van der Waals surface area contributed by atoms with Gasteiger partial charge in [0, 0.05) is 31.3 Å². The van der Waals surface area contributed by atoms with Crippen LogP contribution in [-0.2, 0) is 9.84 Å². The number of urea groups is 1. The Balaban J connectivity index is 1.96. The Bertz CT molecular complexity index is 643. The molecule has 1 fully saturated rings. The van der Waals surface area contributed by atoms with Crippen molar-refractivity contribution < 1.29 is 13.2 Å². The van der Waals surface area contributed by atoms with Gasteiger partial charge in [0.05, 0.1) is 5.75 Å². The van der Waals surface area contributed by atoms with Gasteiger partial charge in [0.2, 0.25) is 0 Å². The lowest BCUT2D eigenvalue weighted by Crippen LogP contribution is -2.43. The van der Waals surface area contributed by atoms with Crippen molar-refractivity contribution in [1.29, 1.82) is 0 Å². The summed E-state index contributed by atoms with van der Waals surface area (Å²) in [5, 5.41) is 2.71. The number of nitrogens with one attached hydrogen (secondary N) is 1. The summed E-state index contributed by atoms with van der Waals surface area (Å²) in [4.78, 5) is 14.0. The van der Waals surface area contributed by atoms with Crippen LogP contribution in [0.2, 0.25) is 0 Å². The highest BCUT2D eigenvalue weighted by atomic mass is 32.2. The molecule has 2 rings (SSSR count). The quantitative estimate of drug-likeness (QED) is 0.920. The van der Waals surface area contributed by atoms with Gasteiger partial charge >= 0.3 is 6.03 Å². The summed E-state index contributed by atoms with van der Waals surface area (Å²) >= 11 is 0. The molecule has 0 aliphatic carbocycles. The summed E-state index contributed by atoms with van der Waals surface area (Å²) in [5.41, 5.74) is 2.54. The van der Waals surface area contributed by atoms with Crippen LogP contribution in [0.25, 0.3) is 0 Å². The van der Waals surface area contributed by atoms with Gasteiger partial charge < -0.3 is 10.2 Å². The van der Waals surface area contributed by atoms with Crippen molar-refractivity contribution in [3.05, 3.63) is 35.4 Å². The van der Waals surface area contributed by atoms with Crippen LogP contribution in [-0.4, -0.2) is 50.5 Å². The van der Waals surface area contributed by atoms with E-state index < -0.39 is 9.84 Å². The molecule has 1 heterocycles. The Morgan fingerprint density at radius 1 is 1.36 bits per heavy atom. The molecule has 0 bridgehead atoms. The van der Waals surface area contributed by atoms with E-state index in [1.54, 1.807) is 4.90 Å². The number of sulfone groups is 1. The van der Waals surface area contributed by atoms with Crippen LogP contribution in [0.3, 0.4) is 0 Å². The number of benzene rings is 1. The second-order valence-electron chi connectivity index (χ2n) is 6.15. The summed E-state index contributed by atoms with van der Waals surface area (Å²) in [7, 11) is -3.05. The van der Waals surface area contributed by atoms with Gasteiger partial charge in [-0.05, 0) is 31.4 Å². The number of carbonyl (C=O) groups is 1. The van der Waals surface area contributed by atoms with Gasteiger partial charge in [0.25, 0.3) is 0 Å². The zero-order valence-corrected chi connectivity index (χ0v) is 14.2. The normalized spacial score (nSPS) is 21.9. The molecule has 1 aliphatic rings. The van der Waals surface area contributed by atoms with Crippen LogP contribution in [0.5, 0.6) is 0 Å². The third kappa shape index (κ3) is 4.22. The maximum Gasteiger partial charge on any atom is 0.317 e. The Labute approximate surface area is 132 Å². The first-order chi connectivity index (χ1) is 10.3. The molecule has 0 radical (unpaired) electrons. The average molecular weight is 324 g/mol. The lowest BCUT2D eigenvalue weighted by molar-refractivity contribution is 0.196. The number of aryl methyl sites for hydroxylation is 1. The number of carbonyl (C=O) groups excluding carboxylic acids is 1. The van der Waals surface area contributed by atoms with E-state index in [1.807, 2.05) is 19.1 Å². The van der Waals surface area contributed by atoms with Gasteiger partial charge in [0.15, 0.2) is 0 Å². The van der Waals surface area contributed by atoms with Crippen LogP contribution < -0.4 is 5.32 Å². The van der Waals surface area contributed by atoms with Gasteiger partial charge in [0.1, 0.15) is 9.84 Å². The van der Waals surface area contributed by atoms with Crippen molar-refractivity contribution in [2.24, 2.45) is 0 Å². The van der Waals surface area contributed by atoms with Crippen molar-refractivity contribution in [3.8, 4) is 0 Å². The maximum absolute atomic E-state index is 12.2. The molecular weight excluding hydrogens is 300 g/mol. The summed E-state index contributed by atoms with van der Waals surface area (Å²) in [5.74, 6) is 0.319. The summed E-state index contributed by atoms with van der Waals surface area (Å²) in [6, 6.07) is 8.25. The number of likely N-dealkylation sites (tertiary alicyclic amines) is 1. The fourth-order valence-corrected chi connectivity index (χ4v) is 3.50. The number of nitrogens with zero attached hydrogens (tertiary/aromatic N) is 1. The van der Waals surface area contributed by atoms with Gasteiger partial charge in [-0.25, -0.2) is 13.2 Å². The highest BCUT2D eigenvalue weighted by molar-refractivity contribution is 7.90. The molecule has 1 aromatic rings. The molecule has 0 saturated carbocycles. The first-order valence-electron chi connectivity index (χ1n) is 7.55. The first kappa shape index (κ1) is 16.8. The Morgan fingerprint density at radius 3 is 2.68 bits per heavy atom. The molecule has 0 spiro atoms. The highest BCUT2D eigenvalue weighted by Gasteiger charge is 2.33. The highest BCUT2D eigenvalue weighted by Crippen LogP contribution is 2.33. The van der Waals surface area contributed by atoms with Gasteiger partial charge in [-0.1, -0.05) is 24.3 Å². The van der Waals surface area contributed by atoms with Crippen LogP contribution in [0.4, 0.5) is 4.79 Å². The molecule has 0 unspecified atom stereocenters. The maximum atomic E-state index is 12.2. The molecular formula is C16H24N2O3S. The lowest BCUT2D eigenvalue weighted by atomic mass is 9.93. The smallest absolute Gasteiger partial charge is 0.317 e. The minimum absolute atomic E-state index is 0.0256. The number of amides is 2. The zero-order chi connectivity index (χ0) is 16.3. The number of hydrogen-bond acceptors (Lipinski definition) is 3. The van der Waals surface area contributed by atoms with Crippen molar-refractivity contribution in [2.45, 2.75) is 32.2 Å². The molecule has 122 valence electrons. The van der Waals surface area contributed by atoms with E-state index >= 15 is 0 Å². The standard InChI is InChI=1S/C16H24N2O3S/c1-12-6-4-5-7-15(12)14-10-13(2)18(11-14)16(19)17-8-9-22(3,20)21/h4-7,13-14H,8-11H2,1-3H3,(H,17,19)/t13-,14+/m1/s1. The predicted molar refractivity (Wildman–Crippen MR) is 87.8 cm³/mol. The van der Waals surface area contributed by atoms with Gasteiger partial charge in [-0.15, -0.1) is 0 Å². The zero-order valence-electron chi connectivity index (χ0n) is 13.4. The molecule has 22 heavy (non-hydrogen) atoms. The molecule has 1 aromatic carbocycles. The fourth-order valence-electron chi connectivity index (χ4n) is 3.03. The van der Waals surface area contributed by atoms with E-state index in [4.69, 9.17) is 0 Å². The molecule has 1 N–H and O–H groups in total. The summed E-state index contributed by atoms with van der Waals surface area (Å²) in [6.07, 6.45) is 2.11. The first-order valence-corrected chi connectivity index (χ1v) is 9.61. The van der Waals surface area contributed by atoms with Crippen molar-refractivity contribution in [3.63, 3.8) is 0 Å². The molecule has 6 heteroatoms. The Hall–Kier alpha value is -1.56. The number of hydrogen-bond donors (Lipinski definition) is 1. The molecule has 0 aromatic heterocycles. The monoisotopic (exact) mass is 324 g/mol. The molecule has 1 aliphatic heterocycles. The summed E-state index contributed by atoms with van der Waals surface area (Å²) < 4.78 is 22.2. The van der Waals surface area contributed by atoms with Crippen LogP contribution >= 0.6 is 0 Å². The summed E-state index contributed by atoms with van der Waals surface area (Å²) in [6.45, 7) is 4.97. The number of rotatable bonds is 4. The largest absolute Gasteiger partial charge is 0.337 e. The van der Waals surface area contributed by atoms with Crippen molar-refractivity contribution in [1.82, 2.24) is 10.2 Å². The lowest BCUT2D eigenvalue weighted by Gasteiger charge is -2.22. The molecule has 5 nitrogen and oxygen atoms in total. The Morgan fingerprint density at radius 2 is 2.05 bits per heavy atom. The average Bonchev–Trinajstić information content (AvgIpc) is 2.79. The minimum Gasteiger partial charge on any atom is -0.337 e. The van der Waals surface area contributed by atoms with Crippen LogP contribution in [0.15, 0.2) is 24.3 Å². The van der Waals surface area contributed by atoms with E-state index in [0.717, 1.165) is 6.42 Å². The Kier molecular flexibility index (Phi) is 5.11. The third-order valence-corrected chi connectivity index (χ3v) is 5.16. The second kappa shape index (κ2) is 6.69. The van der Waals surface area contributed by atoms with Gasteiger partial charge in [-0.3, -0.25) is 0 Å². The van der Waals surface area contributed by atoms with E-state index in [0.29, 0.717) is 12.5 Å². The van der Waals surface area contributed by atoms with E-state index in [2.05, 4.69) is 24.4 Å². The molecule has 1 saturated heterocycles. The van der Waals surface area contributed by atoms with E-state index in [1.165, 1.54) is 17.4 Å². The molecule has 2 atom stereocenters. The topological polar surface area (TPSA) is 66.5 Å². The third-order valence-electron chi connectivity index (χ3n) is 4.21. The van der Waals surface area contributed by atoms with Crippen LogP contribution in [0.1, 0.15) is 30.4 Å². The predicted octanol–water partition coefficient (Wildman–Crippen LogP) is 1.93. The minimum atomic E-state index is -3.05. The van der Waals surface area contributed by atoms with Crippen LogP contribution in [0, 0.1) is 6.92 Å².